The van der Waals surface area contributed by atoms with Gasteiger partial charge in [-0.3, -0.25) is 9.59 Å². The summed E-state index contributed by atoms with van der Waals surface area (Å²) in [6.45, 7) is 2.49. The molecule has 29 heavy (non-hydrogen) atoms. The highest BCUT2D eigenvalue weighted by atomic mass is 19.1. The molecule has 0 saturated carbocycles. The van der Waals surface area contributed by atoms with Crippen molar-refractivity contribution in [3.63, 3.8) is 0 Å². The van der Waals surface area contributed by atoms with Gasteiger partial charge in [0.05, 0.1) is 17.6 Å². The molecule has 1 aromatic carbocycles. The fourth-order valence-electron chi connectivity index (χ4n) is 3.59. The molecule has 7 nitrogen and oxygen atoms in total. The summed E-state index contributed by atoms with van der Waals surface area (Å²) < 4.78 is 19.3. The molecule has 2 aromatic rings. The van der Waals surface area contributed by atoms with E-state index in [0.717, 1.165) is 0 Å². The molecule has 8 heteroatoms. The van der Waals surface area contributed by atoms with Crippen molar-refractivity contribution < 1.29 is 18.7 Å². The highest BCUT2D eigenvalue weighted by Gasteiger charge is 2.51. The summed E-state index contributed by atoms with van der Waals surface area (Å²) in [4.78, 5) is 30.0. The number of aromatic nitrogens is 1. The van der Waals surface area contributed by atoms with Crippen LogP contribution in [-0.2, 0) is 16.0 Å². The molecule has 2 heterocycles. The van der Waals surface area contributed by atoms with Crippen LogP contribution in [0.25, 0.3) is 0 Å². The van der Waals surface area contributed by atoms with E-state index in [2.05, 4.69) is 10.3 Å². The van der Waals surface area contributed by atoms with E-state index >= 15 is 0 Å². The smallest absolute Gasteiger partial charge is 0.270 e. The maximum absolute atomic E-state index is 14.2. The third-order valence-corrected chi connectivity index (χ3v) is 5.08. The number of nitrogens with zero attached hydrogens (tertiary/aromatic N) is 2. The third-order valence-electron chi connectivity index (χ3n) is 5.08. The van der Waals surface area contributed by atoms with E-state index in [1.54, 1.807) is 25.3 Å². The van der Waals surface area contributed by atoms with E-state index < -0.39 is 5.41 Å². The number of H-pyrrole nitrogens is 1. The number of aromatic amines is 1. The van der Waals surface area contributed by atoms with Crippen molar-refractivity contribution in [3.05, 3.63) is 59.2 Å². The molecule has 3 rings (SSSR count). The number of amides is 2. The number of hydrogen-bond donors (Lipinski definition) is 2. The second-order valence-corrected chi connectivity index (χ2v) is 7.45. The van der Waals surface area contributed by atoms with Gasteiger partial charge in [-0.1, -0.05) is 18.2 Å². The van der Waals surface area contributed by atoms with Gasteiger partial charge in [0.25, 0.3) is 5.91 Å². The molecule has 0 bridgehead atoms. The van der Waals surface area contributed by atoms with Crippen molar-refractivity contribution in [2.24, 2.45) is 5.41 Å². The second-order valence-electron chi connectivity index (χ2n) is 7.45. The molecule has 1 aliphatic rings. The highest BCUT2D eigenvalue weighted by Crippen LogP contribution is 2.36. The summed E-state index contributed by atoms with van der Waals surface area (Å²) in [6.07, 6.45) is 1.64. The number of halogens is 1. The first-order valence-electron chi connectivity index (χ1n) is 9.29. The molecule has 0 aliphatic carbocycles. The van der Waals surface area contributed by atoms with Crippen LogP contribution in [0.3, 0.4) is 0 Å². The molecule has 152 valence electrons. The molecule has 1 aromatic heterocycles. The molecule has 1 aliphatic heterocycles. The SMILES string of the molecule is COCC(C)NC(=O)C1(Cc2ccccc2F)CN(C(=O)c2cc(C#N)c[nH]2)C1. The summed E-state index contributed by atoms with van der Waals surface area (Å²) in [7, 11) is 1.55. The molecule has 0 radical (unpaired) electrons. The van der Waals surface area contributed by atoms with Crippen molar-refractivity contribution in [3.8, 4) is 6.07 Å². The molecular weight excluding hydrogens is 375 g/mol. The van der Waals surface area contributed by atoms with Crippen molar-refractivity contribution >= 4 is 11.8 Å². The van der Waals surface area contributed by atoms with Crippen LogP contribution in [0, 0.1) is 22.6 Å². The Hall–Kier alpha value is -3.18. The van der Waals surface area contributed by atoms with Gasteiger partial charge < -0.3 is 19.9 Å². The lowest BCUT2D eigenvalue weighted by Crippen LogP contribution is -2.66. The number of methoxy groups -OCH3 is 1. The summed E-state index contributed by atoms with van der Waals surface area (Å²) in [6, 6.07) is 9.56. The van der Waals surface area contributed by atoms with Gasteiger partial charge in [0.1, 0.15) is 17.6 Å². The molecule has 1 unspecified atom stereocenters. The zero-order valence-corrected chi connectivity index (χ0v) is 16.4. The van der Waals surface area contributed by atoms with E-state index in [1.807, 2.05) is 13.0 Å². The highest BCUT2D eigenvalue weighted by molar-refractivity contribution is 5.96. The Morgan fingerprint density at radius 1 is 1.41 bits per heavy atom. The van der Waals surface area contributed by atoms with Crippen LogP contribution in [0.4, 0.5) is 4.39 Å². The van der Waals surface area contributed by atoms with Crippen molar-refractivity contribution in [2.75, 3.05) is 26.8 Å². The molecule has 1 saturated heterocycles. The van der Waals surface area contributed by atoms with Crippen LogP contribution in [0.2, 0.25) is 0 Å². The minimum atomic E-state index is -0.926. The lowest BCUT2D eigenvalue weighted by molar-refractivity contribution is -0.140. The zero-order valence-electron chi connectivity index (χ0n) is 16.4. The normalized spacial score (nSPS) is 15.9. The number of hydrogen-bond acceptors (Lipinski definition) is 4. The molecule has 2 amide bonds. The minimum absolute atomic E-state index is 0.159. The quantitative estimate of drug-likeness (QED) is 0.744. The number of benzene rings is 1. The Labute approximate surface area is 168 Å². The van der Waals surface area contributed by atoms with Crippen LogP contribution < -0.4 is 5.32 Å². The summed E-state index contributed by atoms with van der Waals surface area (Å²) >= 11 is 0. The lowest BCUT2D eigenvalue weighted by atomic mass is 9.73. The molecule has 1 fully saturated rings. The number of rotatable bonds is 7. The van der Waals surface area contributed by atoms with Gasteiger partial charge in [-0.15, -0.1) is 0 Å². The Balaban J connectivity index is 1.78. The molecule has 1 atom stereocenters. The van der Waals surface area contributed by atoms with E-state index in [9.17, 15) is 14.0 Å². The average molecular weight is 398 g/mol. The molecular formula is C21H23FN4O3. The number of nitrogens with one attached hydrogen (secondary N) is 2. The topological polar surface area (TPSA) is 98.2 Å². The Morgan fingerprint density at radius 3 is 2.76 bits per heavy atom. The molecule has 0 spiro atoms. The summed E-state index contributed by atoms with van der Waals surface area (Å²) in [5.74, 6) is -0.913. The van der Waals surface area contributed by atoms with Crippen LogP contribution >= 0.6 is 0 Å². The van der Waals surface area contributed by atoms with Crippen LogP contribution in [0.5, 0.6) is 0 Å². The van der Waals surface area contributed by atoms with Crippen molar-refractivity contribution in [1.82, 2.24) is 15.2 Å². The Bertz CT molecular complexity index is 943. The van der Waals surface area contributed by atoms with Gasteiger partial charge in [0.15, 0.2) is 0 Å². The Kier molecular flexibility index (Phi) is 5.99. The van der Waals surface area contributed by atoms with Gasteiger partial charge in [-0.2, -0.15) is 5.26 Å². The third kappa shape index (κ3) is 4.30. The van der Waals surface area contributed by atoms with E-state index in [0.29, 0.717) is 17.7 Å². The van der Waals surface area contributed by atoms with E-state index in [1.165, 1.54) is 23.2 Å². The largest absolute Gasteiger partial charge is 0.383 e. The van der Waals surface area contributed by atoms with Crippen LogP contribution in [0.15, 0.2) is 36.5 Å². The van der Waals surface area contributed by atoms with Gasteiger partial charge >= 0.3 is 0 Å². The number of carbonyl (C=O) groups excluding carboxylic acids is 2. The first-order valence-corrected chi connectivity index (χ1v) is 9.29. The van der Waals surface area contributed by atoms with Crippen LogP contribution in [0.1, 0.15) is 28.5 Å². The van der Waals surface area contributed by atoms with Crippen LogP contribution in [-0.4, -0.2) is 54.5 Å². The van der Waals surface area contributed by atoms with Gasteiger partial charge in [-0.25, -0.2) is 4.39 Å². The zero-order chi connectivity index (χ0) is 21.0. The minimum Gasteiger partial charge on any atom is -0.383 e. The van der Waals surface area contributed by atoms with E-state index in [4.69, 9.17) is 10.00 Å². The summed E-state index contributed by atoms with van der Waals surface area (Å²) in [5, 5.41) is 11.8. The predicted octanol–water partition coefficient (Wildman–Crippen LogP) is 1.86. The monoisotopic (exact) mass is 398 g/mol. The van der Waals surface area contributed by atoms with Crippen molar-refractivity contribution in [1.29, 1.82) is 5.26 Å². The first kappa shape index (κ1) is 20.6. The number of nitriles is 1. The predicted molar refractivity (Wildman–Crippen MR) is 103 cm³/mol. The average Bonchev–Trinajstić information content (AvgIpc) is 3.14. The first-order chi connectivity index (χ1) is 13.9. The van der Waals surface area contributed by atoms with E-state index in [-0.39, 0.29) is 48.9 Å². The van der Waals surface area contributed by atoms with Gasteiger partial charge in [-0.05, 0) is 31.0 Å². The van der Waals surface area contributed by atoms with Crippen molar-refractivity contribution in [2.45, 2.75) is 19.4 Å². The maximum atomic E-state index is 14.2. The molecule has 2 N–H and O–H groups in total. The lowest BCUT2D eigenvalue weighted by Gasteiger charge is -2.49. The fraction of sp³-hybridized carbons (Fsp3) is 0.381. The van der Waals surface area contributed by atoms with Gasteiger partial charge in [0, 0.05) is 32.4 Å². The van der Waals surface area contributed by atoms with Gasteiger partial charge in [0.2, 0.25) is 5.91 Å². The number of ether oxygens (including phenoxy) is 1. The number of carbonyl (C=O) groups is 2. The fourth-order valence-corrected chi connectivity index (χ4v) is 3.59. The Morgan fingerprint density at radius 2 is 2.14 bits per heavy atom. The summed E-state index contributed by atoms with van der Waals surface area (Å²) in [5.41, 5.74) is 0.150. The standard InChI is InChI=1S/C21H23FN4O3/c1-14(11-29-2)25-20(28)21(8-16-5-3-4-6-17(16)22)12-26(13-21)19(27)18-7-15(9-23)10-24-18/h3-7,10,14,24H,8,11-13H2,1-2H3,(H,25,28). The number of likely N-dealkylation sites (tertiary alicyclic amines) is 1. The second kappa shape index (κ2) is 8.45. The maximum Gasteiger partial charge on any atom is 0.270 e.